The van der Waals surface area contributed by atoms with Crippen LogP contribution < -0.4 is 5.32 Å². The van der Waals surface area contributed by atoms with Crippen LogP contribution in [0.1, 0.15) is 19.8 Å². The van der Waals surface area contributed by atoms with Crippen molar-refractivity contribution in [3.63, 3.8) is 0 Å². The summed E-state index contributed by atoms with van der Waals surface area (Å²) in [6.45, 7) is 3.15. The maximum atomic E-state index is 5.13. The van der Waals surface area contributed by atoms with Gasteiger partial charge >= 0.3 is 0 Å². The summed E-state index contributed by atoms with van der Waals surface area (Å²) < 4.78 is 0. The van der Waals surface area contributed by atoms with E-state index < -0.39 is 0 Å². The van der Waals surface area contributed by atoms with Crippen LogP contribution >= 0.6 is 11.8 Å². The number of hydrogen-bond donors (Lipinski definition) is 1. The minimum atomic E-state index is 0.637. The lowest BCUT2D eigenvalue weighted by atomic mass is 10.2. The summed E-state index contributed by atoms with van der Waals surface area (Å²) in [7, 11) is 0. The average Bonchev–Trinajstić information content (AvgIpc) is 2.03. The molecule has 0 rings (SSSR count). The molecule has 0 aliphatic heterocycles. The number of thioether (sulfide) groups is 1. The number of rotatable bonds is 6. The van der Waals surface area contributed by atoms with Crippen LogP contribution in [0.4, 0.5) is 0 Å². The Balaban J connectivity index is 3.29. The molecule has 0 radical (unpaired) electrons. The van der Waals surface area contributed by atoms with E-state index in [0.717, 1.165) is 13.0 Å². The monoisotopic (exact) mass is 171 g/mol. The van der Waals surface area contributed by atoms with Gasteiger partial charge < -0.3 is 5.32 Å². The molecule has 1 unspecified atom stereocenters. The smallest absolute Gasteiger partial charge is 0.0212 e. The second-order valence-electron chi connectivity index (χ2n) is 2.47. The summed E-state index contributed by atoms with van der Waals surface area (Å²) in [6.07, 6.45) is 9.29. The van der Waals surface area contributed by atoms with E-state index in [1.54, 1.807) is 0 Å². The Hall–Kier alpha value is -0.130. The first-order valence-corrected chi connectivity index (χ1v) is 5.40. The van der Waals surface area contributed by atoms with Crippen LogP contribution in [-0.2, 0) is 0 Å². The summed E-state index contributed by atoms with van der Waals surface area (Å²) in [5.74, 6) is 3.80. The van der Waals surface area contributed by atoms with Gasteiger partial charge in [-0.1, -0.05) is 6.92 Å². The molecule has 0 bridgehead atoms. The van der Waals surface area contributed by atoms with Crippen LogP contribution in [0.2, 0.25) is 0 Å². The third kappa shape index (κ3) is 6.28. The number of terminal acetylenes is 1. The SMILES string of the molecule is C#CCCNC(CC)CSC. The molecular formula is C9H17NS. The molecule has 1 atom stereocenters. The lowest BCUT2D eigenvalue weighted by molar-refractivity contribution is 0.550. The van der Waals surface area contributed by atoms with Crippen LogP contribution in [-0.4, -0.2) is 24.6 Å². The van der Waals surface area contributed by atoms with Crippen LogP contribution in [0.15, 0.2) is 0 Å². The van der Waals surface area contributed by atoms with Crippen LogP contribution in [0.5, 0.6) is 0 Å². The highest BCUT2D eigenvalue weighted by Gasteiger charge is 2.01. The van der Waals surface area contributed by atoms with Crippen molar-refractivity contribution >= 4 is 11.8 Å². The lowest BCUT2D eigenvalue weighted by Crippen LogP contribution is -2.31. The molecule has 0 aliphatic rings. The molecule has 0 aromatic rings. The van der Waals surface area contributed by atoms with Crippen molar-refractivity contribution in [2.45, 2.75) is 25.8 Å². The van der Waals surface area contributed by atoms with Gasteiger partial charge in [0.2, 0.25) is 0 Å². The summed E-state index contributed by atoms with van der Waals surface area (Å²) in [6, 6.07) is 0.637. The standard InChI is InChI=1S/C9H17NS/c1-4-6-7-10-9(5-2)8-11-3/h1,9-10H,5-8H2,2-3H3. The molecule has 0 aromatic heterocycles. The first-order chi connectivity index (χ1) is 5.35. The van der Waals surface area contributed by atoms with Gasteiger partial charge in [-0.25, -0.2) is 0 Å². The van der Waals surface area contributed by atoms with Crippen molar-refractivity contribution in [3.05, 3.63) is 0 Å². The van der Waals surface area contributed by atoms with Crippen molar-refractivity contribution in [1.82, 2.24) is 5.32 Å². The quantitative estimate of drug-likeness (QED) is 0.482. The fraction of sp³-hybridized carbons (Fsp3) is 0.778. The van der Waals surface area contributed by atoms with E-state index >= 15 is 0 Å². The van der Waals surface area contributed by atoms with Gasteiger partial charge in [-0.2, -0.15) is 11.8 Å². The molecule has 0 fully saturated rings. The third-order valence-corrected chi connectivity index (χ3v) is 2.30. The zero-order valence-electron chi connectivity index (χ0n) is 7.39. The van der Waals surface area contributed by atoms with Gasteiger partial charge in [0.25, 0.3) is 0 Å². The van der Waals surface area contributed by atoms with Crippen molar-refractivity contribution in [2.24, 2.45) is 0 Å². The Morgan fingerprint density at radius 1 is 1.64 bits per heavy atom. The van der Waals surface area contributed by atoms with Gasteiger partial charge in [0, 0.05) is 24.8 Å². The summed E-state index contributed by atoms with van der Waals surface area (Å²) >= 11 is 1.88. The maximum Gasteiger partial charge on any atom is 0.0212 e. The van der Waals surface area contributed by atoms with Crippen LogP contribution in [0.25, 0.3) is 0 Å². The number of nitrogens with one attached hydrogen (secondary N) is 1. The number of hydrogen-bond acceptors (Lipinski definition) is 2. The van der Waals surface area contributed by atoms with Gasteiger partial charge in [0.1, 0.15) is 0 Å². The topological polar surface area (TPSA) is 12.0 Å². The molecule has 0 saturated heterocycles. The largest absolute Gasteiger partial charge is 0.312 e. The summed E-state index contributed by atoms with van der Waals surface area (Å²) in [5.41, 5.74) is 0. The fourth-order valence-corrected chi connectivity index (χ4v) is 1.63. The van der Waals surface area contributed by atoms with Gasteiger partial charge in [-0.15, -0.1) is 12.3 Å². The van der Waals surface area contributed by atoms with Crippen LogP contribution in [0, 0.1) is 12.3 Å². The Bertz CT molecular complexity index is 117. The molecule has 1 N–H and O–H groups in total. The zero-order valence-corrected chi connectivity index (χ0v) is 8.21. The molecule has 2 heteroatoms. The highest BCUT2D eigenvalue weighted by molar-refractivity contribution is 7.98. The normalized spacial score (nSPS) is 12.5. The second-order valence-corrected chi connectivity index (χ2v) is 3.38. The molecule has 0 aromatic carbocycles. The zero-order chi connectivity index (χ0) is 8.53. The fourth-order valence-electron chi connectivity index (χ4n) is 0.871. The van der Waals surface area contributed by atoms with E-state index in [2.05, 4.69) is 24.4 Å². The van der Waals surface area contributed by atoms with E-state index in [4.69, 9.17) is 6.42 Å². The van der Waals surface area contributed by atoms with Crippen molar-refractivity contribution in [1.29, 1.82) is 0 Å². The molecule has 0 aliphatic carbocycles. The van der Waals surface area contributed by atoms with Crippen molar-refractivity contribution < 1.29 is 0 Å². The third-order valence-electron chi connectivity index (χ3n) is 1.56. The van der Waals surface area contributed by atoms with Gasteiger partial charge in [0.15, 0.2) is 0 Å². The molecule has 0 heterocycles. The molecular weight excluding hydrogens is 154 g/mol. The van der Waals surface area contributed by atoms with E-state index in [-0.39, 0.29) is 0 Å². The summed E-state index contributed by atoms with van der Waals surface area (Å²) in [4.78, 5) is 0. The predicted octanol–water partition coefficient (Wildman–Crippen LogP) is 1.74. The minimum absolute atomic E-state index is 0.637. The Morgan fingerprint density at radius 2 is 2.36 bits per heavy atom. The predicted molar refractivity (Wildman–Crippen MR) is 53.9 cm³/mol. The van der Waals surface area contributed by atoms with Crippen LogP contribution in [0.3, 0.4) is 0 Å². The van der Waals surface area contributed by atoms with E-state index in [0.29, 0.717) is 6.04 Å². The molecule has 64 valence electrons. The van der Waals surface area contributed by atoms with E-state index in [9.17, 15) is 0 Å². The second kappa shape index (κ2) is 7.97. The molecule has 0 spiro atoms. The molecule has 0 saturated carbocycles. The molecule has 1 nitrogen and oxygen atoms in total. The van der Waals surface area contributed by atoms with Gasteiger partial charge in [0.05, 0.1) is 0 Å². The summed E-state index contributed by atoms with van der Waals surface area (Å²) in [5, 5.41) is 3.41. The molecule has 0 amide bonds. The highest BCUT2D eigenvalue weighted by Crippen LogP contribution is 2.00. The highest BCUT2D eigenvalue weighted by atomic mass is 32.2. The van der Waals surface area contributed by atoms with E-state index in [1.807, 2.05) is 11.8 Å². The molecule has 11 heavy (non-hydrogen) atoms. The average molecular weight is 171 g/mol. The first kappa shape index (κ1) is 10.9. The van der Waals surface area contributed by atoms with Crippen molar-refractivity contribution in [2.75, 3.05) is 18.6 Å². The van der Waals surface area contributed by atoms with Gasteiger partial charge in [-0.3, -0.25) is 0 Å². The maximum absolute atomic E-state index is 5.13. The minimum Gasteiger partial charge on any atom is -0.312 e. The van der Waals surface area contributed by atoms with Gasteiger partial charge in [-0.05, 0) is 12.7 Å². The Morgan fingerprint density at radius 3 is 2.82 bits per heavy atom. The lowest BCUT2D eigenvalue weighted by Gasteiger charge is -2.14. The van der Waals surface area contributed by atoms with E-state index in [1.165, 1.54) is 12.2 Å². The Labute approximate surface area is 74.3 Å². The Kier molecular flexibility index (Phi) is 7.88. The van der Waals surface area contributed by atoms with Crippen molar-refractivity contribution in [3.8, 4) is 12.3 Å². The first-order valence-electron chi connectivity index (χ1n) is 4.00.